The van der Waals surface area contributed by atoms with Crippen LogP contribution in [0, 0.1) is 0 Å². The Bertz CT molecular complexity index is 318. The molecule has 0 unspecified atom stereocenters. The zero-order valence-corrected chi connectivity index (χ0v) is 9.26. The van der Waals surface area contributed by atoms with Crippen LogP contribution in [0.1, 0.15) is 39.5 Å². The van der Waals surface area contributed by atoms with Crippen LogP contribution in [0.2, 0.25) is 0 Å². The summed E-state index contributed by atoms with van der Waals surface area (Å²) in [6.07, 6.45) is 2.65. The van der Waals surface area contributed by atoms with Crippen molar-refractivity contribution in [3.05, 3.63) is 11.1 Å². The van der Waals surface area contributed by atoms with Gasteiger partial charge in [-0.15, -0.1) is 0 Å². The van der Waals surface area contributed by atoms with Crippen molar-refractivity contribution in [2.75, 3.05) is 6.61 Å². The molecule has 0 atom stereocenters. The van der Waals surface area contributed by atoms with E-state index in [-0.39, 0.29) is 11.6 Å². The molecule has 2 rings (SSSR count). The van der Waals surface area contributed by atoms with E-state index in [1.54, 1.807) is 0 Å². The fraction of sp³-hybridized carbons (Fsp3) is 0.667. The predicted molar refractivity (Wildman–Crippen MR) is 55.5 cm³/mol. The molecule has 0 amide bonds. The summed E-state index contributed by atoms with van der Waals surface area (Å²) in [5.41, 5.74) is 0.297. The van der Waals surface area contributed by atoms with Gasteiger partial charge in [0.2, 0.25) is 0 Å². The second-order valence-electron chi connectivity index (χ2n) is 4.10. The largest absolute Gasteiger partial charge is 0.359 e. The Kier molecular flexibility index (Phi) is 2.51. The van der Waals surface area contributed by atoms with E-state index < -0.39 is 5.60 Å². The van der Waals surface area contributed by atoms with Gasteiger partial charge >= 0.3 is 0 Å². The van der Waals surface area contributed by atoms with Gasteiger partial charge in [-0.3, -0.25) is 9.59 Å². The zero-order chi connectivity index (χ0) is 11.1. The first-order valence-electron chi connectivity index (χ1n) is 5.63. The summed E-state index contributed by atoms with van der Waals surface area (Å²) in [6, 6.07) is 0. The molecule has 15 heavy (non-hydrogen) atoms. The number of rotatable bonds is 2. The van der Waals surface area contributed by atoms with Gasteiger partial charge in [0.05, 0.1) is 0 Å². The van der Waals surface area contributed by atoms with Crippen molar-refractivity contribution in [3.63, 3.8) is 0 Å². The summed E-state index contributed by atoms with van der Waals surface area (Å²) < 4.78 is 5.45. The van der Waals surface area contributed by atoms with E-state index in [2.05, 4.69) is 0 Å². The lowest BCUT2D eigenvalue weighted by molar-refractivity contribution is -0.145. The van der Waals surface area contributed by atoms with Gasteiger partial charge < -0.3 is 4.74 Å². The fourth-order valence-corrected chi connectivity index (χ4v) is 2.61. The maximum atomic E-state index is 12.1. The Morgan fingerprint density at radius 2 is 1.67 bits per heavy atom. The smallest absolute Gasteiger partial charge is 0.199 e. The van der Waals surface area contributed by atoms with Crippen LogP contribution in [0.3, 0.4) is 0 Å². The molecule has 0 bridgehead atoms. The summed E-state index contributed by atoms with van der Waals surface area (Å²) in [5, 5.41) is 0. The van der Waals surface area contributed by atoms with Gasteiger partial charge in [0.25, 0.3) is 0 Å². The molecule has 0 aromatic heterocycles. The van der Waals surface area contributed by atoms with E-state index in [4.69, 9.17) is 4.74 Å². The lowest BCUT2D eigenvalue weighted by atomic mass is 9.92. The van der Waals surface area contributed by atoms with Crippen molar-refractivity contribution in [1.29, 1.82) is 0 Å². The highest BCUT2D eigenvalue weighted by Crippen LogP contribution is 2.40. The molecule has 1 aliphatic carbocycles. The van der Waals surface area contributed by atoms with Crippen molar-refractivity contribution >= 4 is 11.6 Å². The number of ether oxygens (including phenoxy) is 1. The van der Waals surface area contributed by atoms with Gasteiger partial charge in [-0.2, -0.15) is 0 Å². The van der Waals surface area contributed by atoms with E-state index in [0.29, 0.717) is 37.0 Å². The van der Waals surface area contributed by atoms with Crippen molar-refractivity contribution < 1.29 is 14.3 Å². The van der Waals surface area contributed by atoms with Gasteiger partial charge in [-0.25, -0.2) is 0 Å². The number of hydrogen-bond acceptors (Lipinski definition) is 3. The van der Waals surface area contributed by atoms with Crippen LogP contribution in [-0.2, 0) is 14.3 Å². The van der Waals surface area contributed by atoms with Crippen molar-refractivity contribution in [2.24, 2.45) is 0 Å². The maximum Gasteiger partial charge on any atom is 0.199 e. The molecule has 3 heteroatoms. The first-order valence-corrected chi connectivity index (χ1v) is 5.63. The van der Waals surface area contributed by atoms with Gasteiger partial charge in [0, 0.05) is 17.8 Å². The summed E-state index contributed by atoms with van der Waals surface area (Å²) in [5.74, 6) is -0.131. The third kappa shape index (κ3) is 1.22. The Labute approximate surface area is 89.5 Å². The summed E-state index contributed by atoms with van der Waals surface area (Å²) in [7, 11) is 0. The number of carbonyl (C=O) groups excluding carboxylic acids is 2. The third-order valence-corrected chi connectivity index (χ3v) is 3.37. The minimum absolute atomic E-state index is 0.0654. The lowest BCUT2D eigenvalue weighted by Crippen LogP contribution is -2.42. The van der Waals surface area contributed by atoms with Crippen LogP contribution >= 0.6 is 0 Å². The van der Waals surface area contributed by atoms with Gasteiger partial charge in [-0.05, 0) is 25.7 Å². The Morgan fingerprint density at radius 3 is 2.00 bits per heavy atom. The van der Waals surface area contributed by atoms with Crippen LogP contribution in [0.4, 0.5) is 0 Å². The number of carbonyl (C=O) groups is 2. The monoisotopic (exact) mass is 208 g/mol. The highest BCUT2D eigenvalue weighted by Gasteiger charge is 2.55. The van der Waals surface area contributed by atoms with E-state index in [1.165, 1.54) is 0 Å². The fourth-order valence-electron chi connectivity index (χ4n) is 2.61. The maximum absolute atomic E-state index is 12.1. The molecule has 82 valence electrons. The van der Waals surface area contributed by atoms with Crippen LogP contribution in [-0.4, -0.2) is 23.8 Å². The van der Waals surface area contributed by atoms with Crippen molar-refractivity contribution in [1.82, 2.24) is 0 Å². The van der Waals surface area contributed by atoms with Crippen LogP contribution in [0.5, 0.6) is 0 Å². The summed E-state index contributed by atoms with van der Waals surface area (Å²) in [6.45, 7) is 4.37. The molecule has 3 nitrogen and oxygen atoms in total. The van der Waals surface area contributed by atoms with Gasteiger partial charge in [-0.1, -0.05) is 13.8 Å². The van der Waals surface area contributed by atoms with Gasteiger partial charge in [0.1, 0.15) is 0 Å². The zero-order valence-electron chi connectivity index (χ0n) is 9.26. The quantitative estimate of drug-likeness (QED) is 0.650. The Balaban J connectivity index is 2.44. The number of hydrogen-bond donors (Lipinski definition) is 0. The van der Waals surface area contributed by atoms with Crippen molar-refractivity contribution in [2.45, 2.75) is 45.1 Å². The molecule has 1 spiro atoms. The first-order chi connectivity index (χ1) is 7.17. The van der Waals surface area contributed by atoms with E-state index in [0.717, 1.165) is 6.42 Å². The van der Waals surface area contributed by atoms with Crippen LogP contribution in [0.15, 0.2) is 11.1 Å². The summed E-state index contributed by atoms with van der Waals surface area (Å²) in [4.78, 5) is 24.3. The molecule has 0 radical (unpaired) electrons. The standard InChI is InChI=1S/C12H16O3/c1-3-8-9(4-2)11(14)12(10(8)13)6-5-7-15-12/h3-7H2,1-2H3. The highest BCUT2D eigenvalue weighted by molar-refractivity contribution is 6.30. The SMILES string of the molecule is CCC1=C(CC)C(=O)C2(CCCO2)C1=O. The molecule has 2 aliphatic rings. The number of ketones is 2. The molecule has 1 fully saturated rings. The Hall–Kier alpha value is -0.960. The normalized spacial score (nSPS) is 24.7. The Morgan fingerprint density at radius 1 is 1.13 bits per heavy atom. The summed E-state index contributed by atoms with van der Waals surface area (Å²) >= 11 is 0. The van der Waals surface area contributed by atoms with Crippen LogP contribution in [0.25, 0.3) is 0 Å². The molecular weight excluding hydrogens is 192 g/mol. The van der Waals surface area contributed by atoms with E-state index >= 15 is 0 Å². The van der Waals surface area contributed by atoms with E-state index in [1.807, 2.05) is 13.8 Å². The molecule has 0 saturated carbocycles. The lowest BCUT2D eigenvalue weighted by Gasteiger charge is -2.19. The predicted octanol–water partition coefficient (Wildman–Crippen LogP) is 1.80. The molecule has 1 saturated heterocycles. The van der Waals surface area contributed by atoms with Crippen molar-refractivity contribution in [3.8, 4) is 0 Å². The molecule has 0 aromatic carbocycles. The minimum Gasteiger partial charge on any atom is -0.359 e. The molecule has 1 aliphatic heterocycles. The second-order valence-corrected chi connectivity index (χ2v) is 4.10. The molecule has 0 aromatic rings. The average Bonchev–Trinajstić information content (AvgIpc) is 2.79. The number of Topliss-reactive ketones (excluding diaryl/α,β-unsaturated/α-hetero) is 2. The molecule has 0 N–H and O–H groups in total. The second kappa shape index (κ2) is 3.56. The molecule has 1 heterocycles. The minimum atomic E-state index is -1.10. The van der Waals surface area contributed by atoms with Crippen LogP contribution < -0.4 is 0 Å². The third-order valence-electron chi connectivity index (χ3n) is 3.37. The molecular formula is C12H16O3. The first kappa shape index (κ1) is 10.6. The topological polar surface area (TPSA) is 43.4 Å². The van der Waals surface area contributed by atoms with Gasteiger partial charge in [0.15, 0.2) is 17.2 Å². The average molecular weight is 208 g/mol. The highest BCUT2D eigenvalue weighted by atomic mass is 16.5. The van der Waals surface area contributed by atoms with E-state index in [9.17, 15) is 9.59 Å².